The van der Waals surface area contributed by atoms with Crippen LogP contribution in [0.2, 0.25) is 0 Å². The maximum absolute atomic E-state index is 8.54. The van der Waals surface area contributed by atoms with E-state index in [2.05, 4.69) is 30.6 Å². The molecule has 4 rings (SSSR count). The SMILES string of the molecule is N#C/N=C(/N)Nc1ccc2[nH]c(-c3ccc(Nc4ccncc4)cc3)nc2c1. The van der Waals surface area contributed by atoms with Crippen LogP contribution in [0.5, 0.6) is 0 Å². The van der Waals surface area contributed by atoms with Gasteiger partial charge in [-0.25, -0.2) is 4.98 Å². The van der Waals surface area contributed by atoms with Gasteiger partial charge in [0.15, 0.2) is 0 Å². The highest BCUT2D eigenvalue weighted by atomic mass is 15.1. The zero-order valence-electron chi connectivity index (χ0n) is 14.7. The molecule has 0 saturated carbocycles. The van der Waals surface area contributed by atoms with E-state index in [0.29, 0.717) is 5.69 Å². The summed E-state index contributed by atoms with van der Waals surface area (Å²) in [6.07, 6.45) is 5.13. The number of imidazole rings is 1. The number of pyridine rings is 1. The van der Waals surface area contributed by atoms with Gasteiger partial charge in [-0.05, 0) is 54.6 Å². The molecular formula is C20H16N8. The van der Waals surface area contributed by atoms with Crippen molar-refractivity contribution in [2.75, 3.05) is 10.6 Å². The molecule has 2 heterocycles. The number of rotatable bonds is 4. The Bertz CT molecular complexity index is 1170. The Morgan fingerprint density at radius 1 is 1.00 bits per heavy atom. The molecule has 0 saturated heterocycles. The van der Waals surface area contributed by atoms with Crippen molar-refractivity contribution in [3.8, 4) is 17.6 Å². The number of nitrogens with zero attached hydrogens (tertiary/aromatic N) is 4. The highest BCUT2D eigenvalue weighted by molar-refractivity contribution is 5.95. The van der Waals surface area contributed by atoms with Crippen LogP contribution in [0.25, 0.3) is 22.4 Å². The highest BCUT2D eigenvalue weighted by Crippen LogP contribution is 2.25. The minimum Gasteiger partial charge on any atom is -0.369 e. The van der Waals surface area contributed by atoms with Crippen LogP contribution in [0, 0.1) is 11.5 Å². The van der Waals surface area contributed by atoms with Crippen LogP contribution in [0.3, 0.4) is 0 Å². The molecule has 4 aromatic rings. The summed E-state index contributed by atoms with van der Waals surface area (Å²) in [4.78, 5) is 15.4. The molecule has 0 spiro atoms. The molecule has 0 unspecified atom stereocenters. The summed E-state index contributed by atoms with van der Waals surface area (Å²) in [7, 11) is 0. The van der Waals surface area contributed by atoms with Crippen LogP contribution in [-0.4, -0.2) is 20.9 Å². The molecule has 0 aliphatic carbocycles. The summed E-state index contributed by atoms with van der Waals surface area (Å²) in [5.41, 5.74) is 10.9. The number of guanidine groups is 1. The zero-order chi connectivity index (χ0) is 19.3. The summed E-state index contributed by atoms with van der Waals surface area (Å²) < 4.78 is 0. The number of fused-ring (bicyclic) bond motifs is 1. The van der Waals surface area contributed by atoms with E-state index < -0.39 is 0 Å². The lowest BCUT2D eigenvalue weighted by molar-refractivity contribution is 1.32. The number of nitrogens with one attached hydrogen (secondary N) is 3. The molecule has 8 heteroatoms. The number of hydrogen-bond donors (Lipinski definition) is 4. The third kappa shape index (κ3) is 3.73. The maximum Gasteiger partial charge on any atom is 0.209 e. The van der Waals surface area contributed by atoms with E-state index in [0.717, 1.165) is 33.8 Å². The van der Waals surface area contributed by atoms with Crippen molar-refractivity contribution >= 4 is 34.1 Å². The normalized spacial score (nSPS) is 11.2. The van der Waals surface area contributed by atoms with Crippen LogP contribution >= 0.6 is 0 Å². The average molecular weight is 368 g/mol. The van der Waals surface area contributed by atoms with Gasteiger partial charge in [-0.3, -0.25) is 4.98 Å². The molecular weight excluding hydrogens is 352 g/mol. The second-order valence-electron chi connectivity index (χ2n) is 5.98. The zero-order valence-corrected chi connectivity index (χ0v) is 14.7. The first-order valence-corrected chi connectivity index (χ1v) is 8.48. The monoisotopic (exact) mass is 368 g/mol. The number of benzene rings is 2. The number of aromatic amines is 1. The van der Waals surface area contributed by atoms with Crippen molar-refractivity contribution in [1.29, 1.82) is 5.26 Å². The van der Waals surface area contributed by atoms with Gasteiger partial charge in [0.1, 0.15) is 5.82 Å². The molecule has 0 amide bonds. The van der Waals surface area contributed by atoms with Crippen LogP contribution in [0.1, 0.15) is 0 Å². The average Bonchev–Trinajstić information content (AvgIpc) is 3.13. The fraction of sp³-hybridized carbons (Fsp3) is 0. The lowest BCUT2D eigenvalue weighted by Crippen LogP contribution is -2.21. The van der Waals surface area contributed by atoms with Gasteiger partial charge in [0.05, 0.1) is 11.0 Å². The Labute approximate surface area is 160 Å². The topological polar surface area (TPSA) is 128 Å². The summed E-state index contributed by atoms with van der Waals surface area (Å²) in [6.45, 7) is 0. The largest absolute Gasteiger partial charge is 0.369 e. The summed E-state index contributed by atoms with van der Waals surface area (Å²) in [5, 5.41) is 14.7. The van der Waals surface area contributed by atoms with Gasteiger partial charge in [-0.1, -0.05) is 0 Å². The van der Waals surface area contributed by atoms with Crippen molar-refractivity contribution in [3.05, 3.63) is 67.0 Å². The summed E-state index contributed by atoms with van der Waals surface area (Å²) in [6, 6.07) is 17.4. The van der Waals surface area contributed by atoms with Crippen molar-refractivity contribution in [2.45, 2.75) is 0 Å². The molecule has 0 bridgehead atoms. The highest BCUT2D eigenvalue weighted by Gasteiger charge is 2.07. The molecule has 136 valence electrons. The van der Waals surface area contributed by atoms with Gasteiger partial charge < -0.3 is 21.4 Å². The van der Waals surface area contributed by atoms with Crippen molar-refractivity contribution in [2.24, 2.45) is 10.7 Å². The molecule has 8 nitrogen and oxygen atoms in total. The number of aliphatic imine (C=N–C) groups is 1. The van der Waals surface area contributed by atoms with E-state index in [9.17, 15) is 0 Å². The van der Waals surface area contributed by atoms with E-state index in [-0.39, 0.29) is 5.96 Å². The van der Waals surface area contributed by atoms with Gasteiger partial charge in [0, 0.05) is 35.0 Å². The maximum atomic E-state index is 8.54. The predicted octanol–water partition coefficient (Wildman–Crippen LogP) is 3.58. The summed E-state index contributed by atoms with van der Waals surface area (Å²) >= 11 is 0. The smallest absolute Gasteiger partial charge is 0.209 e. The Kier molecular flexibility index (Phi) is 4.55. The molecule has 0 atom stereocenters. The van der Waals surface area contributed by atoms with Crippen LogP contribution < -0.4 is 16.4 Å². The lowest BCUT2D eigenvalue weighted by Gasteiger charge is -2.06. The number of hydrogen-bond acceptors (Lipinski definition) is 5. The minimum absolute atomic E-state index is 0.0369. The van der Waals surface area contributed by atoms with Gasteiger partial charge >= 0.3 is 0 Å². The molecule has 5 N–H and O–H groups in total. The first kappa shape index (κ1) is 17.1. The second-order valence-corrected chi connectivity index (χ2v) is 5.98. The third-order valence-electron chi connectivity index (χ3n) is 4.05. The molecule has 2 aromatic carbocycles. The first-order chi connectivity index (χ1) is 13.7. The molecule has 0 aliphatic heterocycles. The van der Waals surface area contributed by atoms with Gasteiger partial charge in [-0.15, -0.1) is 4.99 Å². The number of anilines is 3. The molecule has 28 heavy (non-hydrogen) atoms. The number of H-pyrrole nitrogens is 1. The van der Waals surface area contributed by atoms with Crippen molar-refractivity contribution < 1.29 is 0 Å². The number of aromatic nitrogens is 3. The van der Waals surface area contributed by atoms with E-state index in [4.69, 9.17) is 11.0 Å². The Morgan fingerprint density at radius 2 is 1.71 bits per heavy atom. The second kappa shape index (κ2) is 7.47. The number of nitriles is 1. The Balaban J connectivity index is 1.55. The summed E-state index contributed by atoms with van der Waals surface area (Å²) in [5.74, 6) is 0.802. The Morgan fingerprint density at radius 3 is 2.46 bits per heavy atom. The predicted molar refractivity (Wildman–Crippen MR) is 110 cm³/mol. The third-order valence-corrected chi connectivity index (χ3v) is 4.05. The van der Waals surface area contributed by atoms with Crippen LogP contribution in [-0.2, 0) is 0 Å². The van der Waals surface area contributed by atoms with E-state index in [1.54, 1.807) is 18.6 Å². The molecule has 0 aliphatic rings. The Hall–Kier alpha value is -4.38. The minimum atomic E-state index is 0.0369. The fourth-order valence-corrected chi connectivity index (χ4v) is 2.76. The molecule has 0 fully saturated rings. The van der Waals surface area contributed by atoms with Gasteiger partial charge in [0.25, 0.3) is 0 Å². The first-order valence-electron chi connectivity index (χ1n) is 8.48. The quantitative estimate of drug-likeness (QED) is 0.248. The van der Waals surface area contributed by atoms with Gasteiger partial charge in [-0.2, -0.15) is 5.26 Å². The van der Waals surface area contributed by atoms with E-state index >= 15 is 0 Å². The lowest BCUT2D eigenvalue weighted by atomic mass is 10.2. The standard InChI is InChI=1S/C20H16N8/c21-12-24-20(22)26-16-5-6-17-18(11-16)28-19(27-17)13-1-3-14(4-2-13)25-15-7-9-23-10-8-15/h1-11H,(H,23,25)(H,27,28)(H3,22,24,26). The van der Waals surface area contributed by atoms with Gasteiger partial charge in [0.2, 0.25) is 12.2 Å². The fourth-order valence-electron chi connectivity index (χ4n) is 2.76. The molecule has 0 radical (unpaired) electrons. The van der Waals surface area contributed by atoms with Crippen LogP contribution in [0.15, 0.2) is 72.0 Å². The van der Waals surface area contributed by atoms with Crippen LogP contribution in [0.4, 0.5) is 17.1 Å². The van der Waals surface area contributed by atoms with Crippen molar-refractivity contribution in [3.63, 3.8) is 0 Å². The molecule has 2 aromatic heterocycles. The van der Waals surface area contributed by atoms with E-state index in [1.165, 1.54) is 0 Å². The number of nitrogens with two attached hydrogens (primary N) is 1. The van der Waals surface area contributed by atoms with Crippen molar-refractivity contribution in [1.82, 2.24) is 15.0 Å². The van der Waals surface area contributed by atoms with E-state index in [1.807, 2.05) is 54.6 Å².